The molecule has 0 aromatic carbocycles. The van der Waals surface area contributed by atoms with Gasteiger partial charge in [-0.2, -0.15) is 0 Å². The molecule has 2 heteroatoms. The molecular formula is C24H40O2. The monoisotopic (exact) mass is 360 g/mol. The van der Waals surface area contributed by atoms with Gasteiger partial charge in [-0.1, -0.05) is 70.1 Å². The minimum Gasteiger partial charge on any atom is -0.478 e. The maximum absolute atomic E-state index is 9.60. The van der Waals surface area contributed by atoms with Gasteiger partial charge in [0.25, 0.3) is 0 Å². The lowest BCUT2D eigenvalue weighted by atomic mass is 9.90. The van der Waals surface area contributed by atoms with E-state index in [1.165, 1.54) is 110 Å². The number of carboxylic acid groups (broad SMARTS) is 1. The van der Waals surface area contributed by atoms with E-state index in [1.807, 2.05) is 0 Å². The van der Waals surface area contributed by atoms with Crippen LogP contribution in [0.15, 0.2) is 35.5 Å². The molecule has 26 heavy (non-hydrogen) atoms. The summed E-state index contributed by atoms with van der Waals surface area (Å²) in [5, 5.41) is 7.89. The predicted molar refractivity (Wildman–Crippen MR) is 112 cm³/mol. The first kappa shape index (κ1) is 22.7. The van der Waals surface area contributed by atoms with Crippen molar-refractivity contribution in [1.82, 2.24) is 0 Å². The highest BCUT2D eigenvalue weighted by molar-refractivity contribution is 5.84. The fraction of sp³-hybridized carbons (Fsp3) is 0.708. The minimum absolute atomic E-state index is 0.176. The third kappa shape index (κ3) is 11.3. The second-order valence-corrected chi connectivity index (χ2v) is 7.86. The van der Waals surface area contributed by atoms with Crippen LogP contribution in [-0.2, 0) is 4.79 Å². The number of hydrogen-bond acceptors (Lipinski definition) is 1. The van der Waals surface area contributed by atoms with Crippen LogP contribution in [0.1, 0.15) is 110 Å². The van der Waals surface area contributed by atoms with Gasteiger partial charge < -0.3 is 5.11 Å². The van der Waals surface area contributed by atoms with Gasteiger partial charge in [0.1, 0.15) is 0 Å². The summed E-state index contributed by atoms with van der Waals surface area (Å²) in [5.74, 6) is -0.935. The zero-order valence-electron chi connectivity index (χ0n) is 17.0. The molecule has 2 rings (SSSR count). The van der Waals surface area contributed by atoms with Crippen LogP contribution in [0.4, 0.5) is 0 Å². The first-order chi connectivity index (χ1) is 12.6. The normalized spacial score (nSPS) is 20.5. The molecule has 2 aliphatic carbocycles. The molecule has 0 atom stereocenters. The van der Waals surface area contributed by atoms with E-state index in [4.69, 9.17) is 5.11 Å². The lowest BCUT2D eigenvalue weighted by Gasteiger charge is -2.16. The molecule has 0 aromatic heterocycles. The van der Waals surface area contributed by atoms with Crippen LogP contribution in [0.25, 0.3) is 0 Å². The highest BCUT2D eigenvalue weighted by atomic mass is 16.4. The maximum Gasteiger partial charge on any atom is 0.330 e. The van der Waals surface area contributed by atoms with Gasteiger partial charge in [0.2, 0.25) is 0 Å². The molecule has 2 aliphatic rings. The Labute approximate surface area is 161 Å². The molecule has 0 aliphatic heterocycles. The SMILES string of the molecule is C1=C(C2=CCCCCCCCC2)CCCCCCCC1.C=C(C)C(=O)O. The molecule has 0 aromatic rings. The average molecular weight is 361 g/mol. The van der Waals surface area contributed by atoms with Crippen LogP contribution in [-0.4, -0.2) is 11.1 Å². The number of rotatable bonds is 2. The van der Waals surface area contributed by atoms with Gasteiger partial charge in [-0.3, -0.25) is 0 Å². The maximum atomic E-state index is 9.60. The van der Waals surface area contributed by atoms with Crippen LogP contribution < -0.4 is 0 Å². The van der Waals surface area contributed by atoms with Crippen molar-refractivity contribution in [2.75, 3.05) is 0 Å². The summed E-state index contributed by atoms with van der Waals surface area (Å²) in [6, 6.07) is 0. The van der Waals surface area contributed by atoms with Crippen molar-refractivity contribution in [1.29, 1.82) is 0 Å². The lowest BCUT2D eigenvalue weighted by Crippen LogP contribution is -1.96. The summed E-state index contributed by atoms with van der Waals surface area (Å²) in [7, 11) is 0. The second-order valence-electron chi connectivity index (χ2n) is 7.86. The molecule has 148 valence electrons. The molecule has 0 heterocycles. The molecule has 0 fully saturated rings. The second kappa shape index (κ2) is 14.8. The van der Waals surface area contributed by atoms with Gasteiger partial charge >= 0.3 is 5.97 Å². The Balaban J connectivity index is 0.000000487. The van der Waals surface area contributed by atoms with E-state index < -0.39 is 5.97 Å². The minimum atomic E-state index is -0.935. The number of carboxylic acids is 1. The zero-order chi connectivity index (χ0) is 19.0. The molecule has 0 amide bonds. The topological polar surface area (TPSA) is 37.3 Å². The first-order valence-electron chi connectivity index (χ1n) is 10.9. The molecular weight excluding hydrogens is 320 g/mol. The smallest absolute Gasteiger partial charge is 0.330 e. The summed E-state index contributed by atoms with van der Waals surface area (Å²) < 4.78 is 0. The Morgan fingerprint density at radius 1 is 0.731 bits per heavy atom. The lowest BCUT2D eigenvalue weighted by molar-refractivity contribution is -0.132. The summed E-state index contributed by atoms with van der Waals surface area (Å²) in [6.07, 6.45) is 27.9. The number of hydrogen-bond donors (Lipinski definition) is 1. The van der Waals surface area contributed by atoms with Crippen molar-refractivity contribution in [3.8, 4) is 0 Å². The highest BCUT2D eigenvalue weighted by Gasteiger charge is 2.08. The third-order valence-electron chi connectivity index (χ3n) is 5.36. The van der Waals surface area contributed by atoms with Crippen molar-refractivity contribution in [2.24, 2.45) is 0 Å². The van der Waals surface area contributed by atoms with Crippen molar-refractivity contribution in [3.63, 3.8) is 0 Å². The summed E-state index contributed by atoms with van der Waals surface area (Å²) in [6.45, 7) is 4.60. The third-order valence-corrected chi connectivity index (χ3v) is 5.36. The predicted octanol–water partition coefficient (Wildman–Crippen LogP) is 7.76. The highest BCUT2D eigenvalue weighted by Crippen LogP contribution is 2.27. The average Bonchev–Trinajstić information content (AvgIpc) is 2.64. The van der Waals surface area contributed by atoms with Crippen LogP contribution in [0.2, 0.25) is 0 Å². The molecule has 0 saturated heterocycles. The molecule has 0 unspecified atom stereocenters. The Morgan fingerprint density at radius 2 is 1.04 bits per heavy atom. The van der Waals surface area contributed by atoms with Crippen molar-refractivity contribution in [3.05, 3.63) is 35.5 Å². The summed E-state index contributed by atoms with van der Waals surface area (Å²) >= 11 is 0. The van der Waals surface area contributed by atoms with Gasteiger partial charge in [-0.05, 0) is 69.4 Å². The Morgan fingerprint density at radius 3 is 1.38 bits per heavy atom. The van der Waals surface area contributed by atoms with E-state index in [1.54, 1.807) is 11.1 Å². The summed E-state index contributed by atoms with van der Waals surface area (Å²) in [4.78, 5) is 9.60. The first-order valence-corrected chi connectivity index (χ1v) is 10.9. The Kier molecular flexibility index (Phi) is 13.0. The Hall–Kier alpha value is -1.31. The van der Waals surface area contributed by atoms with Crippen molar-refractivity contribution >= 4 is 5.97 Å². The van der Waals surface area contributed by atoms with E-state index in [-0.39, 0.29) is 5.57 Å². The van der Waals surface area contributed by atoms with Crippen LogP contribution in [0.3, 0.4) is 0 Å². The van der Waals surface area contributed by atoms with Crippen LogP contribution in [0, 0.1) is 0 Å². The van der Waals surface area contributed by atoms with E-state index in [9.17, 15) is 4.79 Å². The molecule has 0 bridgehead atoms. The largest absolute Gasteiger partial charge is 0.478 e. The van der Waals surface area contributed by atoms with Crippen LogP contribution >= 0.6 is 0 Å². The van der Waals surface area contributed by atoms with Crippen molar-refractivity contribution < 1.29 is 9.90 Å². The van der Waals surface area contributed by atoms with Gasteiger partial charge in [-0.25, -0.2) is 4.79 Å². The number of carbonyl (C=O) groups is 1. The zero-order valence-corrected chi connectivity index (χ0v) is 17.0. The van der Waals surface area contributed by atoms with Gasteiger partial charge in [0.15, 0.2) is 0 Å². The van der Waals surface area contributed by atoms with E-state index in [0.29, 0.717) is 0 Å². The van der Waals surface area contributed by atoms with Crippen LogP contribution in [0.5, 0.6) is 0 Å². The quantitative estimate of drug-likeness (QED) is 0.511. The van der Waals surface area contributed by atoms with Gasteiger partial charge in [0, 0.05) is 5.57 Å². The van der Waals surface area contributed by atoms with E-state index in [0.717, 1.165) is 0 Å². The molecule has 0 saturated carbocycles. The molecule has 2 nitrogen and oxygen atoms in total. The fourth-order valence-electron chi connectivity index (χ4n) is 3.67. The van der Waals surface area contributed by atoms with E-state index >= 15 is 0 Å². The Bertz CT molecular complexity index is 427. The number of allylic oxidation sites excluding steroid dienone is 4. The molecule has 0 spiro atoms. The molecule has 1 N–H and O–H groups in total. The van der Waals surface area contributed by atoms with Gasteiger partial charge in [-0.15, -0.1) is 0 Å². The summed E-state index contributed by atoms with van der Waals surface area (Å²) in [5.41, 5.74) is 3.63. The standard InChI is InChI=1S/C20H34.C4H6O2/c1-3-7-11-15-19(16-12-8-4-1)20-17-13-9-5-2-6-10-14-18-20;1-3(2)4(5)6/h15,17H,1-14,16,18H2;1H2,2H3,(H,5,6). The van der Waals surface area contributed by atoms with Gasteiger partial charge in [0.05, 0.1) is 0 Å². The van der Waals surface area contributed by atoms with Crippen molar-refractivity contribution in [2.45, 2.75) is 110 Å². The number of aliphatic carboxylic acids is 1. The molecule has 0 radical (unpaired) electrons. The van der Waals surface area contributed by atoms with E-state index in [2.05, 4.69) is 18.7 Å². The fourth-order valence-corrected chi connectivity index (χ4v) is 3.67.